The molecule has 216 valence electrons. The highest BCUT2D eigenvalue weighted by atomic mass is 19.4. The van der Waals surface area contributed by atoms with Gasteiger partial charge in [0, 0.05) is 18.7 Å². The molecule has 0 unspecified atom stereocenters. The van der Waals surface area contributed by atoms with E-state index in [-0.39, 0.29) is 18.0 Å². The maximum Gasteiger partial charge on any atom is 0.460 e. The van der Waals surface area contributed by atoms with Gasteiger partial charge in [-0.1, -0.05) is 0 Å². The number of nitrogens with one attached hydrogen (secondary N) is 1. The topological polar surface area (TPSA) is 21.3 Å². The van der Waals surface area contributed by atoms with E-state index in [0.717, 1.165) is 12.1 Å². The van der Waals surface area contributed by atoms with Crippen LogP contribution in [0, 0.1) is 0 Å². The van der Waals surface area contributed by atoms with Crippen LogP contribution in [0.2, 0.25) is 0 Å². The first-order chi connectivity index (χ1) is 16.3. The molecule has 0 heterocycles. The second-order valence-electron chi connectivity index (χ2n) is 7.28. The third kappa shape index (κ3) is 5.18. The first kappa shape index (κ1) is 32.7. The van der Waals surface area contributed by atoms with E-state index >= 15 is 0 Å². The molecular weight excluding hydrogens is 569 g/mol. The van der Waals surface area contributed by atoms with Crippen molar-refractivity contribution in [1.82, 2.24) is 0 Å². The minimum absolute atomic E-state index is 0.166. The molecule has 1 N–H and O–H groups in total. The Morgan fingerprint density at radius 2 is 0.946 bits per heavy atom. The van der Waals surface area contributed by atoms with Gasteiger partial charge in [0.2, 0.25) is 0 Å². The first-order valence-electron chi connectivity index (χ1n) is 9.44. The fraction of sp³-hybridized carbons (Fsp3) is 0.667. The quantitative estimate of drug-likeness (QED) is 0.253. The molecule has 0 aliphatic heterocycles. The summed E-state index contributed by atoms with van der Waals surface area (Å²) >= 11 is 0. The molecule has 0 radical (unpaired) electrons. The Morgan fingerprint density at radius 1 is 0.568 bits per heavy atom. The second kappa shape index (κ2) is 9.74. The Kier molecular flexibility index (Phi) is 8.60. The Balaban J connectivity index is 3.26. The number of benzene rings is 1. The Labute approximate surface area is 195 Å². The first-order valence-corrected chi connectivity index (χ1v) is 9.44. The van der Waals surface area contributed by atoms with Gasteiger partial charge >= 0.3 is 47.6 Å². The lowest BCUT2D eigenvalue weighted by Crippen LogP contribution is -2.74. The van der Waals surface area contributed by atoms with E-state index < -0.39 is 60.6 Å². The maximum atomic E-state index is 13.8. The molecule has 0 fully saturated rings. The number of rotatable bonds is 12. The van der Waals surface area contributed by atoms with Gasteiger partial charge in [-0.2, -0.15) is 74.6 Å². The van der Waals surface area contributed by atoms with Crippen LogP contribution in [0.25, 0.3) is 0 Å². The summed E-state index contributed by atoms with van der Waals surface area (Å²) in [6.45, 7) is 0.301. The molecular formula is C18H14F17NO. The molecule has 0 amide bonds. The highest BCUT2D eigenvalue weighted by Gasteiger charge is 2.95. The van der Waals surface area contributed by atoms with Gasteiger partial charge in [0.05, 0.1) is 6.61 Å². The molecule has 0 atom stereocenters. The molecule has 0 aliphatic rings. The van der Waals surface area contributed by atoms with Gasteiger partial charge in [0.15, 0.2) is 0 Å². The van der Waals surface area contributed by atoms with E-state index in [1.807, 2.05) is 5.32 Å². The molecule has 2 nitrogen and oxygen atoms in total. The van der Waals surface area contributed by atoms with E-state index in [2.05, 4.69) is 0 Å². The highest BCUT2D eigenvalue weighted by Crippen LogP contribution is 2.64. The van der Waals surface area contributed by atoms with E-state index in [1.54, 1.807) is 6.92 Å². The van der Waals surface area contributed by atoms with Crippen molar-refractivity contribution in [2.45, 2.75) is 61.0 Å². The van der Waals surface area contributed by atoms with E-state index in [1.165, 1.54) is 12.1 Å². The molecule has 0 bridgehead atoms. The predicted molar refractivity (Wildman–Crippen MR) is 91.4 cm³/mol. The molecule has 1 aromatic carbocycles. The average molecular weight is 583 g/mol. The molecule has 0 saturated heterocycles. The van der Waals surface area contributed by atoms with Gasteiger partial charge in [-0.3, -0.25) is 0 Å². The average Bonchev–Trinajstić information content (AvgIpc) is 2.73. The largest absolute Gasteiger partial charge is 0.494 e. The standard InChI is InChI=1S/C18H14F17NO/c1-2-37-10-5-3-9(4-6-10)36-8-7-11(19,20)12(21,22)13(23,24)14(25,26)15(27,28)16(29,30)17(31,32)18(33,34)35/h3-6,36H,2,7-8H2,1H3. The van der Waals surface area contributed by atoms with Crippen LogP contribution in [0.4, 0.5) is 80.3 Å². The monoisotopic (exact) mass is 583 g/mol. The summed E-state index contributed by atoms with van der Waals surface area (Å²) in [5.41, 5.74) is -0.166. The predicted octanol–water partition coefficient (Wildman–Crippen LogP) is 7.90. The van der Waals surface area contributed by atoms with Crippen LogP contribution in [0.15, 0.2) is 24.3 Å². The minimum atomic E-state index is -8.62. The van der Waals surface area contributed by atoms with Gasteiger partial charge in [-0.25, -0.2) is 0 Å². The summed E-state index contributed by atoms with van der Waals surface area (Å²) in [7, 11) is 0. The summed E-state index contributed by atoms with van der Waals surface area (Å²) < 4.78 is 230. The number of hydrogen-bond acceptors (Lipinski definition) is 2. The second-order valence-corrected chi connectivity index (χ2v) is 7.28. The Bertz CT molecular complexity index is 908. The molecule has 0 aliphatic carbocycles. The maximum absolute atomic E-state index is 13.8. The normalized spacial score (nSPS) is 15.1. The summed E-state index contributed by atoms with van der Waals surface area (Å²) in [5, 5.41) is 1.93. The highest BCUT2D eigenvalue weighted by molar-refractivity contribution is 5.46. The number of anilines is 1. The minimum Gasteiger partial charge on any atom is -0.494 e. The number of halogens is 17. The molecule has 0 saturated carbocycles. The lowest BCUT2D eigenvalue weighted by Gasteiger charge is -2.42. The third-order valence-corrected chi connectivity index (χ3v) is 4.72. The zero-order valence-corrected chi connectivity index (χ0v) is 17.8. The van der Waals surface area contributed by atoms with Gasteiger partial charge in [-0.05, 0) is 31.2 Å². The van der Waals surface area contributed by atoms with Crippen molar-refractivity contribution in [3.63, 3.8) is 0 Å². The van der Waals surface area contributed by atoms with Crippen LogP contribution < -0.4 is 10.1 Å². The number of hydrogen-bond donors (Lipinski definition) is 1. The van der Waals surface area contributed by atoms with Gasteiger partial charge < -0.3 is 10.1 Å². The van der Waals surface area contributed by atoms with E-state index in [0.29, 0.717) is 0 Å². The molecule has 19 heteroatoms. The Hall–Kier alpha value is -2.37. The zero-order chi connectivity index (χ0) is 29.5. The number of ether oxygens (including phenoxy) is 1. The van der Waals surface area contributed by atoms with Crippen molar-refractivity contribution in [3.05, 3.63) is 24.3 Å². The van der Waals surface area contributed by atoms with Crippen LogP contribution >= 0.6 is 0 Å². The van der Waals surface area contributed by atoms with Crippen molar-refractivity contribution in [3.8, 4) is 5.75 Å². The van der Waals surface area contributed by atoms with Crippen molar-refractivity contribution in [2.24, 2.45) is 0 Å². The molecule has 0 aromatic heterocycles. The lowest BCUT2D eigenvalue weighted by molar-refractivity contribution is -0.461. The third-order valence-electron chi connectivity index (χ3n) is 4.72. The van der Waals surface area contributed by atoms with Crippen molar-refractivity contribution < 1.29 is 79.4 Å². The van der Waals surface area contributed by atoms with Crippen molar-refractivity contribution in [2.75, 3.05) is 18.5 Å². The summed E-state index contributed by atoms with van der Waals surface area (Å²) in [6, 6.07) is 4.56. The van der Waals surface area contributed by atoms with E-state index in [4.69, 9.17) is 4.74 Å². The molecule has 1 aromatic rings. The molecule has 0 spiro atoms. The Morgan fingerprint density at radius 3 is 1.32 bits per heavy atom. The van der Waals surface area contributed by atoms with Gasteiger partial charge in [0.1, 0.15) is 5.75 Å². The lowest BCUT2D eigenvalue weighted by atomic mass is 9.88. The SMILES string of the molecule is CCOc1ccc(NCCC(F)(F)C(F)(F)C(F)(F)C(F)(F)C(F)(F)C(F)(F)C(F)(F)C(F)(F)F)cc1. The summed E-state index contributed by atoms with van der Waals surface area (Å²) in [4.78, 5) is 0. The fourth-order valence-electron chi connectivity index (χ4n) is 2.55. The van der Waals surface area contributed by atoms with Crippen molar-refractivity contribution >= 4 is 5.69 Å². The smallest absolute Gasteiger partial charge is 0.460 e. The van der Waals surface area contributed by atoms with Crippen molar-refractivity contribution in [1.29, 1.82) is 0 Å². The summed E-state index contributed by atoms with van der Waals surface area (Å²) in [5.74, 6) is -56.0. The van der Waals surface area contributed by atoms with Crippen LogP contribution in [0.1, 0.15) is 13.3 Å². The van der Waals surface area contributed by atoms with Crippen LogP contribution in [0.3, 0.4) is 0 Å². The van der Waals surface area contributed by atoms with Crippen LogP contribution in [-0.4, -0.2) is 60.8 Å². The van der Waals surface area contributed by atoms with Gasteiger partial charge in [-0.15, -0.1) is 0 Å². The van der Waals surface area contributed by atoms with Gasteiger partial charge in [0.25, 0.3) is 0 Å². The van der Waals surface area contributed by atoms with Crippen LogP contribution in [0.5, 0.6) is 5.75 Å². The molecule has 1 rings (SSSR count). The van der Waals surface area contributed by atoms with Crippen LogP contribution in [-0.2, 0) is 0 Å². The summed E-state index contributed by atoms with van der Waals surface area (Å²) in [6.07, 6.45) is -10.3. The zero-order valence-electron chi connectivity index (χ0n) is 17.8. The van der Waals surface area contributed by atoms with E-state index in [9.17, 15) is 74.6 Å². The number of alkyl halides is 17. The molecule has 37 heavy (non-hydrogen) atoms. The fourth-order valence-corrected chi connectivity index (χ4v) is 2.55.